The van der Waals surface area contributed by atoms with E-state index in [1.54, 1.807) is 6.20 Å². The molecule has 13 heavy (non-hydrogen) atoms. The minimum Gasteiger partial charge on any atom is -0.322 e. The van der Waals surface area contributed by atoms with Gasteiger partial charge in [0.1, 0.15) is 0 Å². The number of halogens is 1. The highest BCUT2D eigenvalue weighted by Gasteiger charge is 1.96. The summed E-state index contributed by atoms with van der Waals surface area (Å²) in [5.41, 5.74) is 3.46. The van der Waals surface area contributed by atoms with Crippen molar-refractivity contribution in [1.82, 2.24) is 4.98 Å². The lowest BCUT2D eigenvalue weighted by Crippen LogP contribution is -2.07. The van der Waals surface area contributed by atoms with Crippen LogP contribution in [0.2, 0.25) is 0 Å². The molecule has 4 heteroatoms. The van der Waals surface area contributed by atoms with Crippen LogP contribution < -0.4 is 11.3 Å². The summed E-state index contributed by atoms with van der Waals surface area (Å²) in [7, 11) is 0. The van der Waals surface area contributed by atoms with Crippen LogP contribution in [-0.2, 0) is 0 Å². The number of hydrogen-bond donors (Lipinski definition) is 2. The van der Waals surface area contributed by atoms with E-state index in [9.17, 15) is 0 Å². The molecule has 1 aromatic carbocycles. The highest BCUT2D eigenvalue weighted by atomic mass is 35.5. The van der Waals surface area contributed by atoms with Crippen LogP contribution >= 0.6 is 12.4 Å². The summed E-state index contributed by atoms with van der Waals surface area (Å²) >= 11 is 0. The highest BCUT2D eigenvalue weighted by Crippen LogP contribution is 2.19. The zero-order valence-electron chi connectivity index (χ0n) is 6.90. The van der Waals surface area contributed by atoms with Crippen molar-refractivity contribution in [3.8, 4) is 0 Å². The lowest BCUT2D eigenvalue weighted by atomic mass is 10.1. The Balaban J connectivity index is 0.000000845. The van der Waals surface area contributed by atoms with Gasteiger partial charge in [-0.15, -0.1) is 12.4 Å². The maximum Gasteiger partial charge on any atom is 0.0748 e. The fourth-order valence-electron chi connectivity index (χ4n) is 1.23. The molecule has 0 atom stereocenters. The molecule has 0 aliphatic rings. The van der Waals surface area contributed by atoms with Crippen LogP contribution in [0, 0.1) is 0 Å². The van der Waals surface area contributed by atoms with Crippen LogP contribution in [0.3, 0.4) is 0 Å². The molecular formula is C9H10ClN3. The number of fused-ring (bicyclic) bond motifs is 1. The number of aromatic nitrogens is 1. The molecule has 0 saturated heterocycles. The third-order valence-corrected chi connectivity index (χ3v) is 1.82. The third-order valence-electron chi connectivity index (χ3n) is 1.82. The summed E-state index contributed by atoms with van der Waals surface area (Å²) in [5, 5.41) is 2.18. The van der Waals surface area contributed by atoms with E-state index in [1.807, 2.05) is 30.5 Å². The first-order chi connectivity index (χ1) is 5.92. The summed E-state index contributed by atoms with van der Waals surface area (Å²) in [5.74, 6) is 5.33. The smallest absolute Gasteiger partial charge is 0.0748 e. The molecule has 0 fully saturated rings. The van der Waals surface area contributed by atoms with Crippen molar-refractivity contribution >= 4 is 28.9 Å². The monoisotopic (exact) mass is 195 g/mol. The molecule has 0 bridgehead atoms. The van der Waals surface area contributed by atoms with E-state index < -0.39 is 0 Å². The third kappa shape index (κ3) is 1.71. The summed E-state index contributed by atoms with van der Waals surface area (Å²) in [4.78, 5) is 4.04. The van der Waals surface area contributed by atoms with Gasteiger partial charge in [0, 0.05) is 17.0 Å². The maximum absolute atomic E-state index is 5.33. The summed E-state index contributed by atoms with van der Waals surface area (Å²) in [6.45, 7) is 0. The van der Waals surface area contributed by atoms with Gasteiger partial charge in [-0.05, 0) is 0 Å². The molecule has 0 aliphatic carbocycles. The minimum absolute atomic E-state index is 0. The second-order valence-electron chi connectivity index (χ2n) is 2.55. The van der Waals surface area contributed by atoms with Gasteiger partial charge in [0.2, 0.25) is 0 Å². The highest BCUT2D eigenvalue weighted by molar-refractivity contribution is 5.92. The molecule has 0 spiro atoms. The average molecular weight is 196 g/mol. The van der Waals surface area contributed by atoms with Gasteiger partial charge in [-0.2, -0.15) is 0 Å². The van der Waals surface area contributed by atoms with Gasteiger partial charge in [-0.25, -0.2) is 0 Å². The molecule has 3 nitrogen and oxygen atoms in total. The Morgan fingerprint density at radius 3 is 2.69 bits per heavy atom. The number of anilines is 1. The number of hydrazine groups is 1. The molecule has 3 N–H and O–H groups in total. The summed E-state index contributed by atoms with van der Waals surface area (Å²) in [6, 6.07) is 7.96. The molecular weight excluding hydrogens is 186 g/mol. The summed E-state index contributed by atoms with van der Waals surface area (Å²) < 4.78 is 0. The normalized spacial score (nSPS) is 9.31. The predicted molar refractivity (Wildman–Crippen MR) is 56.8 cm³/mol. The Morgan fingerprint density at radius 1 is 1.15 bits per heavy atom. The quantitative estimate of drug-likeness (QED) is 0.540. The minimum atomic E-state index is 0. The Kier molecular flexibility index (Phi) is 3.06. The maximum atomic E-state index is 5.33. The van der Waals surface area contributed by atoms with Gasteiger partial charge in [0.05, 0.1) is 11.9 Å². The molecule has 0 radical (unpaired) electrons. The van der Waals surface area contributed by atoms with Gasteiger partial charge >= 0.3 is 0 Å². The topological polar surface area (TPSA) is 50.9 Å². The Morgan fingerprint density at radius 2 is 1.92 bits per heavy atom. The van der Waals surface area contributed by atoms with E-state index in [1.165, 1.54) is 0 Å². The molecule has 0 amide bonds. The first-order valence-electron chi connectivity index (χ1n) is 3.71. The molecule has 2 rings (SSSR count). The van der Waals surface area contributed by atoms with Crippen LogP contribution in [0.4, 0.5) is 5.69 Å². The van der Waals surface area contributed by atoms with Gasteiger partial charge < -0.3 is 5.43 Å². The Bertz CT molecular complexity index is 397. The SMILES string of the molecule is Cl.NNc1cncc2ccccc12. The van der Waals surface area contributed by atoms with Crippen molar-refractivity contribution in [3.63, 3.8) is 0 Å². The van der Waals surface area contributed by atoms with Crippen molar-refractivity contribution in [3.05, 3.63) is 36.7 Å². The molecule has 0 aliphatic heterocycles. The first kappa shape index (κ1) is 9.77. The van der Waals surface area contributed by atoms with Crippen molar-refractivity contribution < 1.29 is 0 Å². The van der Waals surface area contributed by atoms with Gasteiger partial charge in [0.15, 0.2) is 0 Å². The van der Waals surface area contributed by atoms with Crippen LogP contribution in [0.15, 0.2) is 36.7 Å². The van der Waals surface area contributed by atoms with E-state index in [0.29, 0.717) is 0 Å². The van der Waals surface area contributed by atoms with Crippen molar-refractivity contribution in [2.24, 2.45) is 5.84 Å². The first-order valence-corrected chi connectivity index (χ1v) is 3.71. The largest absolute Gasteiger partial charge is 0.322 e. The van der Waals surface area contributed by atoms with Crippen LogP contribution in [0.25, 0.3) is 10.8 Å². The molecule has 1 aromatic heterocycles. The molecule has 68 valence electrons. The molecule has 0 unspecified atom stereocenters. The Hall–Kier alpha value is -1.32. The number of pyridine rings is 1. The van der Waals surface area contributed by atoms with E-state index in [2.05, 4.69) is 10.4 Å². The van der Waals surface area contributed by atoms with Crippen molar-refractivity contribution in [2.75, 3.05) is 5.43 Å². The number of benzene rings is 1. The van der Waals surface area contributed by atoms with Crippen LogP contribution in [-0.4, -0.2) is 4.98 Å². The fraction of sp³-hybridized carbons (Fsp3) is 0. The van der Waals surface area contributed by atoms with Crippen molar-refractivity contribution in [1.29, 1.82) is 0 Å². The molecule has 0 saturated carbocycles. The lowest BCUT2D eigenvalue weighted by molar-refractivity contribution is 1.30. The number of nitrogens with one attached hydrogen (secondary N) is 1. The van der Waals surface area contributed by atoms with E-state index in [-0.39, 0.29) is 12.4 Å². The van der Waals surface area contributed by atoms with Crippen LogP contribution in [0.1, 0.15) is 0 Å². The molecule has 1 heterocycles. The number of nitrogens with two attached hydrogens (primary N) is 1. The average Bonchev–Trinajstić information content (AvgIpc) is 2.17. The molecule has 2 aromatic rings. The number of rotatable bonds is 1. The number of hydrogen-bond acceptors (Lipinski definition) is 3. The van der Waals surface area contributed by atoms with Gasteiger partial charge in [0.25, 0.3) is 0 Å². The van der Waals surface area contributed by atoms with Crippen molar-refractivity contribution in [2.45, 2.75) is 0 Å². The van der Waals surface area contributed by atoms with E-state index in [0.717, 1.165) is 16.5 Å². The number of nitrogen functional groups attached to an aromatic ring is 1. The van der Waals surface area contributed by atoms with Crippen LogP contribution in [0.5, 0.6) is 0 Å². The fourth-order valence-corrected chi connectivity index (χ4v) is 1.23. The summed E-state index contributed by atoms with van der Waals surface area (Å²) in [6.07, 6.45) is 3.53. The zero-order valence-corrected chi connectivity index (χ0v) is 7.71. The van der Waals surface area contributed by atoms with Gasteiger partial charge in [-0.3, -0.25) is 10.8 Å². The predicted octanol–water partition coefficient (Wildman–Crippen LogP) is 1.94. The zero-order chi connectivity index (χ0) is 8.39. The van der Waals surface area contributed by atoms with E-state index in [4.69, 9.17) is 5.84 Å². The second kappa shape index (κ2) is 4.07. The lowest BCUT2D eigenvalue weighted by Gasteiger charge is -2.02. The number of nitrogens with zero attached hydrogens (tertiary/aromatic N) is 1. The standard InChI is InChI=1S/C9H9N3.ClH/c10-12-9-6-11-5-7-3-1-2-4-8(7)9;/h1-6,12H,10H2;1H. The van der Waals surface area contributed by atoms with E-state index >= 15 is 0 Å². The van der Waals surface area contributed by atoms with Gasteiger partial charge in [-0.1, -0.05) is 24.3 Å². The second-order valence-corrected chi connectivity index (χ2v) is 2.55. The Labute approximate surface area is 82.3 Å².